The van der Waals surface area contributed by atoms with E-state index in [4.69, 9.17) is 9.15 Å². The summed E-state index contributed by atoms with van der Waals surface area (Å²) in [7, 11) is 1.56. The molecule has 8 aromatic carbocycles. The number of imide groups is 2. The van der Waals surface area contributed by atoms with E-state index in [1.54, 1.807) is 31.4 Å². The van der Waals surface area contributed by atoms with E-state index in [0.717, 1.165) is 76.0 Å². The predicted molar refractivity (Wildman–Crippen MR) is 275 cm³/mol. The zero-order valence-electron chi connectivity index (χ0n) is 38.2. The van der Waals surface area contributed by atoms with Crippen molar-refractivity contribution in [2.45, 2.75) is 0 Å². The van der Waals surface area contributed by atoms with E-state index in [-0.39, 0.29) is 11.9 Å². The maximum absolute atomic E-state index is 15.5. The Labute approximate surface area is 408 Å². The van der Waals surface area contributed by atoms with Gasteiger partial charge in [-0.15, -0.1) is 5.10 Å². The zero-order valence-corrected chi connectivity index (χ0v) is 38.2. The first-order valence-corrected chi connectivity index (χ1v) is 23.8. The lowest BCUT2D eigenvalue weighted by Crippen LogP contribution is -2.50. The molecule has 4 atom stereocenters. The average Bonchev–Trinajstić information content (AvgIpc) is 4.24. The first-order chi connectivity index (χ1) is 35.4. The van der Waals surface area contributed by atoms with Crippen LogP contribution in [0, 0.1) is 23.7 Å². The SMILES string of the molecule is COc1ccc(-c2nnc(N3C(=O)C4C(C3=O)C3C(=O)N(c5cc(-n6c7ccccc7c7ccccc76)c(-n6c7ccccc7c7ccccc76)cc5-n5c6ccccc6c6ccccc65)C(=O)C43)o2)cc1. The van der Waals surface area contributed by atoms with Crippen LogP contribution in [0.3, 0.4) is 0 Å². The van der Waals surface area contributed by atoms with Crippen molar-refractivity contribution in [1.29, 1.82) is 0 Å². The summed E-state index contributed by atoms with van der Waals surface area (Å²) in [5.74, 6) is -6.14. The van der Waals surface area contributed by atoms with Gasteiger partial charge in [0.2, 0.25) is 29.5 Å². The molecule has 72 heavy (non-hydrogen) atoms. The summed E-state index contributed by atoms with van der Waals surface area (Å²) >= 11 is 0. The highest BCUT2D eigenvalue weighted by Crippen LogP contribution is 2.58. The summed E-state index contributed by atoms with van der Waals surface area (Å²) in [6, 6.07) is 60.0. The van der Waals surface area contributed by atoms with Gasteiger partial charge in [-0.3, -0.25) is 19.2 Å². The van der Waals surface area contributed by atoms with Gasteiger partial charge in [0.05, 0.1) is 86.6 Å². The Bertz CT molecular complexity index is 4170. The molecule has 2 aliphatic heterocycles. The van der Waals surface area contributed by atoms with Crippen LogP contribution in [-0.4, -0.2) is 54.6 Å². The fourth-order valence-corrected chi connectivity index (χ4v) is 12.2. The highest BCUT2D eigenvalue weighted by Gasteiger charge is 2.74. The monoisotopic (exact) mass is 939 g/mol. The third-order valence-electron chi connectivity index (χ3n) is 15.3. The summed E-state index contributed by atoms with van der Waals surface area (Å²) in [4.78, 5) is 62.2. The molecule has 0 N–H and O–H groups in total. The Morgan fingerprint density at radius 1 is 0.389 bits per heavy atom. The minimum absolute atomic E-state index is 0.0898. The Hall–Kier alpha value is -9.62. The van der Waals surface area contributed by atoms with Gasteiger partial charge in [-0.25, -0.2) is 4.90 Å². The summed E-state index contributed by atoms with van der Waals surface area (Å²) in [5, 5.41) is 14.4. The van der Waals surface area contributed by atoms with E-state index in [0.29, 0.717) is 28.4 Å². The van der Waals surface area contributed by atoms with Gasteiger partial charge >= 0.3 is 6.01 Å². The number of ether oxygens (including phenoxy) is 1. The smallest absolute Gasteiger partial charge is 0.332 e. The number of anilines is 2. The molecule has 6 heterocycles. The van der Waals surface area contributed by atoms with Crippen LogP contribution in [0.1, 0.15) is 0 Å². The number of methoxy groups -OCH3 is 1. The topological polar surface area (TPSA) is 138 Å². The molecule has 0 bridgehead atoms. The van der Waals surface area contributed by atoms with Crippen LogP contribution in [-0.2, 0) is 19.2 Å². The van der Waals surface area contributed by atoms with Crippen molar-refractivity contribution in [3.05, 3.63) is 182 Å². The van der Waals surface area contributed by atoms with E-state index in [9.17, 15) is 9.59 Å². The molecular weight excluding hydrogens is 903 g/mol. The van der Waals surface area contributed by atoms with Crippen molar-refractivity contribution in [1.82, 2.24) is 23.9 Å². The molecule has 13 nitrogen and oxygen atoms in total. The highest BCUT2D eigenvalue weighted by atomic mass is 16.5. The lowest BCUT2D eigenvalue weighted by Gasteiger charge is -2.36. The third-order valence-corrected chi connectivity index (χ3v) is 15.3. The molecule has 12 aromatic rings. The molecule has 2 saturated heterocycles. The van der Waals surface area contributed by atoms with Crippen LogP contribution in [0.4, 0.5) is 11.7 Å². The molecule has 4 aromatic heterocycles. The molecule has 13 heteroatoms. The van der Waals surface area contributed by atoms with Gasteiger partial charge in [0.1, 0.15) is 5.75 Å². The lowest BCUT2D eigenvalue weighted by atomic mass is 9.59. The van der Waals surface area contributed by atoms with Crippen LogP contribution in [0.2, 0.25) is 0 Å². The Kier molecular flexibility index (Phi) is 8.22. The van der Waals surface area contributed by atoms with Crippen molar-refractivity contribution in [2.75, 3.05) is 16.9 Å². The Balaban J connectivity index is 0.972. The van der Waals surface area contributed by atoms with Gasteiger partial charge in [-0.1, -0.05) is 114 Å². The van der Waals surface area contributed by atoms with Crippen LogP contribution in [0.25, 0.3) is 93.9 Å². The first kappa shape index (κ1) is 40.3. The van der Waals surface area contributed by atoms with Crippen LogP contribution in [0.15, 0.2) is 186 Å². The molecule has 15 rings (SSSR count). The number of hydrogen-bond donors (Lipinski definition) is 0. The van der Waals surface area contributed by atoms with E-state index in [2.05, 4.69) is 90.6 Å². The molecule has 1 saturated carbocycles. The maximum Gasteiger partial charge on any atom is 0.332 e. The first-order valence-electron chi connectivity index (χ1n) is 23.8. The van der Waals surface area contributed by atoms with Crippen LogP contribution in [0.5, 0.6) is 5.75 Å². The average molecular weight is 940 g/mol. The van der Waals surface area contributed by atoms with Crippen molar-refractivity contribution in [2.24, 2.45) is 23.7 Å². The second-order valence-electron chi connectivity index (χ2n) is 18.7. The number of rotatable bonds is 7. The molecule has 0 radical (unpaired) electrons. The summed E-state index contributed by atoms with van der Waals surface area (Å²) in [6.45, 7) is 0. The third kappa shape index (κ3) is 5.25. The molecule has 0 spiro atoms. The fourth-order valence-electron chi connectivity index (χ4n) is 12.2. The summed E-state index contributed by atoms with van der Waals surface area (Å²) in [6.07, 6.45) is 0. The van der Waals surface area contributed by atoms with Gasteiger partial charge < -0.3 is 22.9 Å². The van der Waals surface area contributed by atoms with Crippen molar-refractivity contribution in [3.8, 4) is 34.3 Å². The van der Waals surface area contributed by atoms with E-state index in [1.807, 2.05) is 91.0 Å². The van der Waals surface area contributed by atoms with Gasteiger partial charge in [0.25, 0.3) is 0 Å². The number of carbonyl (C=O) groups is 4. The minimum Gasteiger partial charge on any atom is -0.497 e. The quantitative estimate of drug-likeness (QED) is 0.144. The van der Waals surface area contributed by atoms with Crippen molar-refractivity contribution in [3.63, 3.8) is 0 Å². The molecule has 3 fully saturated rings. The number of aromatic nitrogens is 5. The van der Waals surface area contributed by atoms with Gasteiger partial charge in [0, 0.05) is 37.9 Å². The van der Waals surface area contributed by atoms with Crippen molar-refractivity contribution >= 4 is 101 Å². The van der Waals surface area contributed by atoms with E-state index >= 15 is 9.59 Å². The van der Waals surface area contributed by atoms with Crippen molar-refractivity contribution < 1.29 is 28.3 Å². The van der Waals surface area contributed by atoms with Gasteiger partial charge in [0.15, 0.2) is 0 Å². The molecule has 344 valence electrons. The highest BCUT2D eigenvalue weighted by molar-refractivity contribution is 6.32. The minimum atomic E-state index is -1.11. The number of carbonyl (C=O) groups excluding carboxylic acids is 4. The number of para-hydroxylation sites is 6. The fraction of sp³-hybridized carbons (Fsp3) is 0.0847. The second kappa shape index (κ2) is 14.7. The Morgan fingerprint density at radius 2 is 0.708 bits per heavy atom. The normalized spacial score (nSPS) is 18.7. The summed E-state index contributed by atoms with van der Waals surface area (Å²) < 4.78 is 17.8. The van der Waals surface area contributed by atoms with Gasteiger partial charge in [-0.05, 0) is 72.8 Å². The van der Waals surface area contributed by atoms with Gasteiger partial charge in [-0.2, -0.15) is 4.90 Å². The molecular formula is C59H37N7O6. The van der Waals surface area contributed by atoms with E-state index < -0.39 is 47.3 Å². The second-order valence-corrected chi connectivity index (χ2v) is 18.7. The number of amides is 4. The molecule has 4 unspecified atom stereocenters. The Morgan fingerprint density at radius 3 is 1.07 bits per heavy atom. The predicted octanol–water partition coefficient (Wildman–Crippen LogP) is 11.0. The number of nitrogens with zero attached hydrogens (tertiary/aromatic N) is 7. The van der Waals surface area contributed by atoms with E-state index in [1.165, 1.54) is 4.90 Å². The number of benzene rings is 8. The zero-order chi connectivity index (χ0) is 48.1. The molecule has 3 aliphatic rings. The molecule has 4 amide bonds. The maximum atomic E-state index is 15.5. The molecule has 1 aliphatic carbocycles. The number of hydrogen-bond acceptors (Lipinski definition) is 8. The summed E-state index contributed by atoms with van der Waals surface area (Å²) in [5.41, 5.74) is 8.49. The van der Waals surface area contributed by atoms with Crippen LogP contribution < -0.4 is 14.5 Å². The number of fused-ring (bicyclic) bond motifs is 13. The van der Waals surface area contributed by atoms with Crippen LogP contribution >= 0.6 is 0 Å². The largest absolute Gasteiger partial charge is 0.497 e. The standard InChI is InChI=1S/C59H37N7O6/c1-71-33-28-26-32(27-29-33)54-60-61-59(72-54)66-57(69)52-50-51(53(52)58(66)70)56(68)65(55(50)67)49-31-47(63-42-22-10-4-16-36(42)37-17-5-11-23-43(37)63)46(62-40-20-8-2-14-34(40)35-15-3-9-21-41(35)62)30-48(49)64-44-24-12-6-18-38(44)39-19-7-13-25-45(39)64/h2-31,50-53H,1H3. The lowest BCUT2D eigenvalue weighted by molar-refractivity contribution is -0.146.